The minimum Gasteiger partial charge on any atom is -0.325 e. The van der Waals surface area contributed by atoms with Gasteiger partial charge in [0.2, 0.25) is 5.91 Å². The van der Waals surface area contributed by atoms with Gasteiger partial charge in [-0.3, -0.25) is 14.5 Å². The lowest BCUT2D eigenvalue weighted by atomic mass is 10.2. The van der Waals surface area contributed by atoms with Crippen LogP contribution in [0.15, 0.2) is 69.4 Å². The Balaban J connectivity index is 1.66. The van der Waals surface area contributed by atoms with Crippen LogP contribution in [-0.4, -0.2) is 32.0 Å². The number of carbonyl (C=O) groups excluding carboxylic acids is 1. The van der Waals surface area contributed by atoms with Gasteiger partial charge in [0.05, 0.1) is 10.1 Å². The average molecular weight is 432 g/mol. The summed E-state index contributed by atoms with van der Waals surface area (Å²) in [7, 11) is -3.74. The van der Waals surface area contributed by atoms with Crippen LogP contribution in [0.25, 0.3) is 0 Å². The Morgan fingerprint density at radius 3 is 2.66 bits per heavy atom. The predicted molar refractivity (Wildman–Crippen MR) is 118 cm³/mol. The third-order valence-corrected chi connectivity index (χ3v) is 6.95. The largest absolute Gasteiger partial charge is 0.325 e. The lowest BCUT2D eigenvalue weighted by Gasteiger charge is -2.14. The molecule has 0 saturated carbocycles. The van der Waals surface area contributed by atoms with Crippen molar-refractivity contribution in [2.45, 2.75) is 47.6 Å². The molecule has 0 fully saturated rings. The molecule has 6 nitrogen and oxygen atoms in total. The molecule has 0 spiro atoms. The molecular formula is C21H25N3O3S2. The maximum atomic E-state index is 12.7. The van der Waals surface area contributed by atoms with Crippen molar-refractivity contribution in [1.82, 2.24) is 4.72 Å². The summed E-state index contributed by atoms with van der Waals surface area (Å²) in [5.74, 6) is 0.319. The number of benzene rings is 2. The number of aliphatic imine (C=N–C) groups is 1. The zero-order valence-electron chi connectivity index (χ0n) is 16.3. The van der Waals surface area contributed by atoms with Crippen molar-refractivity contribution in [3.05, 3.63) is 54.6 Å². The molecule has 2 aromatic carbocycles. The number of hydrogen-bond donors (Lipinski definition) is 2. The van der Waals surface area contributed by atoms with E-state index in [1.807, 2.05) is 37.3 Å². The van der Waals surface area contributed by atoms with Gasteiger partial charge in [0, 0.05) is 23.5 Å². The van der Waals surface area contributed by atoms with E-state index in [1.54, 1.807) is 12.1 Å². The summed E-state index contributed by atoms with van der Waals surface area (Å²) in [5, 5.41) is 2.48. The highest BCUT2D eigenvalue weighted by molar-refractivity contribution is 8.00. The van der Waals surface area contributed by atoms with Gasteiger partial charge in [-0.05, 0) is 50.1 Å². The smallest absolute Gasteiger partial charge is 0.262 e. The Morgan fingerprint density at radius 1 is 1.07 bits per heavy atom. The molecule has 1 aliphatic heterocycles. The predicted octanol–water partition coefficient (Wildman–Crippen LogP) is 4.06. The molecule has 1 unspecified atom stereocenters. The fraction of sp³-hybridized carbons (Fsp3) is 0.333. The highest BCUT2D eigenvalue weighted by Crippen LogP contribution is 2.24. The van der Waals surface area contributed by atoms with E-state index in [9.17, 15) is 13.2 Å². The number of anilines is 1. The van der Waals surface area contributed by atoms with Crippen LogP contribution in [0.4, 0.5) is 5.69 Å². The van der Waals surface area contributed by atoms with Gasteiger partial charge in [-0.25, -0.2) is 8.42 Å². The Bertz CT molecular complexity index is 976. The van der Waals surface area contributed by atoms with Gasteiger partial charge in [0.1, 0.15) is 5.84 Å². The molecule has 8 heteroatoms. The Hall–Kier alpha value is -2.32. The fourth-order valence-corrected chi connectivity index (χ4v) is 4.94. The fourth-order valence-electron chi connectivity index (χ4n) is 2.91. The molecule has 1 amide bonds. The number of nitrogens with one attached hydrogen (secondary N) is 2. The first-order valence-corrected chi connectivity index (χ1v) is 12.0. The maximum absolute atomic E-state index is 12.7. The Labute approximate surface area is 176 Å². The lowest BCUT2D eigenvalue weighted by molar-refractivity contribution is -0.115. The quantitative estimate of drug-likeness (QED) is 0.675. The summed E-state index contributed by atoms with van der Waals surface area (Å²) in [6, 6.07) is 15.9. The minimum absolute atomic E-state index is 0.102. The van der Waals surface area contributed by atoms with Gasteiger partial charge in [-0.2, -0.15) is 0 Å². The first kappa shape index (κ1) is 21.4. The molecule has 0 saturated heterocycles. The van der Waals surface area contributed by atoms with E-state index in [4.69, 9.17) is 0 Å². The first-order valence-electron chi connectivity index (χ1n) is 9.63. The van der Waals surface area contributed by atoms with Crippen LogP contribution < -0.4 is 10.0 Å². The molecule has 1 atom stereocenters. The third kappa shape index (κ3) is 6.33. The van der Waals surface area contributed by atoms with Crippen molar-refractivity contribution in [1.29, 1.82) is 0 Å². The minimum atomic E-state index is -3.74. The standard InChI is InChI=1S/C21H25N3O3S2/c1-16(28-18-10-4-2-5-11-18)21(25)23-17-9-8-12-19(15-17)29(26,27)24-20-13-6-3-7-14-22-20/h2,4-5,8-12,15-16H,3,6-7,13-14H2,1H3,(H,22,24)(H,23,25). The van der Waals surface area contributed by atoms with Gasteiger partial charge in [0.25, 0.3) is 10.0 Å². The number of hydrogen-bond acceptors (Lipinski definition) is 5. The second-order valence-electron chi connectivity index (χ2n) is 6.83. The van der Waals surface area contributed by atoms with E-state index in [0.717, 1.165) is 24.2 Å². The molecule has 0 bridgehead atoms. The molecule has 1 heterocycles. The Morgan fingerprint density at radius 2 is 1.86 bits per heavy atom. The van der Waals surface area contributed by atoms with Crippen molar-refractivity contribution in [3.8, 4) is 0 Å². The maximum Gasteiger partial charge on any atom is 0.262 e. The molecule has 0 aliphatic carbocycles. The topological polar surface area (TPSA) is 87.6 Å². The van der Waals surface area contributed by atoms with Crippen molar-refractivity contribution < 1.29 is 13.2 Å². The zero-order valence-corrected chi connectivity index (χ0v) is 17.9. The van der Waals surface area contributed by atoms with Crippen molar-refractivity contribution in [2.24, 2.45) is 4.99 Å². The normalized spacial score (nSPS) is 15.7. The Kier molecular flexibility index (Phi) is 7.33. The summed E-state index contributed by atoms with van der Waals surface area (Å²) in [4.78, 5) is 17.9. The molecule has 154 valence electrons. The molecule has 3 rings (SSSR count). The molecule has 0 radical (unpaired) electrons. The summed E-state index contributed by atoms with van der Waals surface area (Å²) >= 11 is 1.45. The van der Waals surface area contributed by atoms with Crippen LogP contribution in [-0.2, 0) is 14.8 Å². The van der Waals surface area contributed by atoms with E-state index in [-0.39, 0.29) is 16.1 Å². The molecule has 2 N–H and O–H groups in total. The number of rotatable bonds is 6. The van der Waals surface area contributed by atoms with Gasteiger partial charge >= 0.3 is 0 Å². The van der Waals surface area contributed by atoms with E-state index in [1.165, 1.54) is 23.9 Å². The van der Waals surface area contributed by atoms with Crippen molar-refractivity contribution in [2.75, 3.05) is 11.9 Å². The van der Waals surface area contributed by atoms with E-state index in [0.29, 0.717) is 24.5 Å². The van der Waals surface area contributed by atoms with Crippen LogP contribution in [0, 0.1) is 0 Å². The van der Waals surface area contributed by atoms with E-state index in [2.05, 4.69) is 15.0 Å². The van der Waals surface area contributed by atoms with Crippen LogP contribution in [0.1, 0.15) is 32.6 Å². The number of amides is 1. The van der Waals surface area contributed by atoms with Gasteiger partial charge in [-0.15, -0.1) is 11.8 Å². The summed E-state index contributed by atoms with van der Waals surface area (Å²) in [6.07, 6.45) is 3.58. The van der Waals surface area contributed by atoms with E-state index < -0.39 is 10.0 Å². The highest BCUT2D eigenvalue weighted by atomic mass is 32.2. The number of sulfonamides is 1. The van der Waals surface area contributed by atoms with E-state index >= 15 is 0 Å². The number of amidine groups is 1. The van der Waals surface area contributed by atoms with Crippen LogP contribution in [0.2, 0.25) is 0 Å². The number of thioether (sulfide) groups is 1. The number of carbonyl (C=O) groups is 1. The monoisotopic (exact) mass is 431 g/mol. The van der Waals surface area contributed by atoms with Crippen LogP contribution in [0.3, 0.4) is 0 Å². The van der Waals surface area contributed by atoms with Gasteiger partial charge in [0.15, 0.2) is 0 Å². The first-order chi connectivity index (χ1) is 13.9. The summed E-state index contributed by atoms with van der Waals surface area (Å²) in [5.41, 5.74) is 0.446. The molecule has 2 aromatic rings. The van der Waals surface area contributed by atoms with Crippen molar-refractivity contribution >= 4 is 39.2 Å². The van der Waals surface area contributed by atoms with Crippen LogP contribution >= 0.6 is 11.8 Å². The number of nitrogens with zero attached hydrogens (tertiary/aromatic N) is 1. The highest BCUT2D eigenvalue weighted by Gasteiger charge is 2.19. The summed E-state index contributed by atoms with van der Waals surface area (Å²) < 4.78 is 28.0. The van der Waals surface area contributed by atoms with Gasteiger partial charge in [-0.1, -0.05) is 30.7 Å². The molecule has 0 aromatic heterocycles. The van der Waals surface area contributed by atoms with Crippen molar-refractivity contribution in [3.63, 3.8) is 0 Å². The third-order valence-electron chi connectivity index (χ3n) is 4.46. The molecular weight excluding hydrogens is 406 g/mol. The van der Waals surface area contributed by atoms with Gasteiger partial charge < -0.3 is 5.32 Å². The average Bonchev–Trinajstić information content (AvgIpc) is 2.97. The lowest BCUT2D eigenvalue weighted by Crippen LogP contribution is -2.30. The molecule has 29 heavy (non-hydrogen) atoms. The van der Waals surface area contributed by atoms with Crippen LogP contribution in [0.5, 0.6) is 0 Å². The summed E-state index contributed by atoms with van der Waals surface area (Å²) in [6.45, 7) is 2.46. The second-order valence-corrected chi connectivity index (χ2v) is 9.93. The second kappa shape index (κ2) is 9.93. The molecule has 1 aliphatic rings. The SMILES string of the molecule is CC(Sc1ccccc1)C(=O)Nc1cccc(S(=O)(=O)NC2=NCCCCC2)c1. The zero-order chi connectivity index (χ0) is 20.7.